The molecule has 1 aromatic carbocycles. The van der Waals surface area contributed by atoms with E-state index >= 15 is 0 Å². The Morgan fingerprint density at radius 3 is 2.46 bits per heavy atom. The molecule has 0 aliphatic carbocycles. The van der Waals surface area contributed by atoms with E-state index in [1.165, 1.54) is 0 Å². The second kappa shape index (κ2) is 7.72. The molecule has 28 heavy (non-hydrogen) atoms. The SMILES string of the molecule is Cc1cc(-c2cccc(-c3ccn(Cc4ccccn4)n3)c2)nc(C(C)C)n1. The van der Waals surface area contributed by atoms with E-state index in [2.05, 4.69) is 48.1 Å². The summed E-state index contributed by atoms with van der Waals surface area (Å²) in [6, 6.07) is 18.3. The molecule has 0 N–H and O–H groups in total. The van der Waals surface area contributed by atoms with E-state index in [0.717, 1.165) is 39.7 Å². The van der Waals surface area contributed by atoms with Gasteiger partial charge in [0.25, 0.3) is 0 Å². The van der Waals surface area contributed by atoms with E-state index in [-0.39, 0.29) is 0 Å². The van der Waals surface area contributed by atoms with Gasteiger partial charge in [0.1, 0.15) is 5.82 Å². The van der Waals surface area contributed by atoms with E-state index in [9.17, 15) is 0 Å². The van der Waals surface area contributed by atoms with Crippen molar-refractivity contribution >= 4 is 0 Å². The number of hydrogen-bond donors (Lipinski definition) is 0. The Labute approximate surface area is 165 Å². The maximum atomic E-state index is 4.75. The van der Waals surface area contributed by atoms with Crippen LogP contribution in [0.15, 0.2) is 67.0 Å². The summed E-state index contributed by atoms with van der Waals surface area (Å²) in [6.07, 6.45) is 3.79. The molecule has 0 fully saturated rings. The average Bonchev–Trinajstić information content (AvgIpc) is 3.17. The molecule has 0 atom stereocenters. The smallest absolute Gasteiger partial charge is 0.131 e. The van der Waals surface area contributed by atoms with Crippen molar-refractivity contribution in [3.8, 4) is 22.5 Å². The van der Waals surface area contributed by atoms with Gasteiger partial charge in [-0.15, -0.1) is 0 Å². The summed E-state index contributed by atoms with van der Waals surface area (Å²) in [6.45, 7) is 6.90. The molecular weight excluding hydrogens is 346 g/mol. The monoisotopic (exact) mass is 369 g/mol. The van der Waals surface area contributed by atoms with E-state index in [1.54, 1.807) is 6.20 Å². The van der Waals surface area contributed by atoms with Gasteiger partial charge in [0.15, 0.2) is 0 Å². The van der Waals surface area contributed by atoms with Gasteiger partial charge >= 0.3 is 0 Å². The molecule has 0 spiro atoms. The predicted molar refractivity (Wildman–Crippen MR) is 111 cm³/mol. The van der Waals surface area contributed by atoms with E-state index < -0.39 is 0 Å². The molecule has 5 nitrogen and oxygen atoms in total. The molecule has 4 aromatic rings. The highest BCUT2D eigenvalue weighted by molar-refractivity contribution is 5.69. The highest BCUT2D eigenvalue weighted by atomic mass is 15.3. The molecule has 0 unspecified atom stereocenters. The summed E-state index contributed by atoms with van der Waals surface area (Å²) in [4.78, 5) is 13.7. The Hall–Kier alpha value is -3.34. The third-order valence-electron chi connectivity index (χ3n) is 4.53. The molecular formula is C23H23N5. The van der Waals surface area contributed by atoms with Crippen molar-refractivity contribution in [3.05, 3.63) is 84.2 Å². The van der Waals surface area contributed by atoms with Crippen LogP contribution in [0.4, 0.5) is 0 Å². The van der Waals surface area contributed by atoms with Crippen molar-refractivity contribution in [2.24, 2.45) is 0 Å². The Morgan fingerprint density at radius 1 is 0.893 bits per heavy atom. The Balaban J connectivity index is 1.63. The van der Waals surface area contributed by atoms with Crippen molar-refractivity contribution < 1.29 is 0 Å². The van der Waals surface area contributed by atoms with Crippen LogP contribution in [0, 0.1) is 6.92 Å². The molecule has 0 aliphatic heterocycles. The Bertz CT molecular complexity index is 1080. The Kier molecular flexibility index (Phi) is 4.98. The molecule has 5 heteroatoms. The Morgan fingerprint density at radius 2 is 1.71 bits per heavy atom. The van der Waals surface area contributed by atoms with Gasteiger partial charge in [0.2, 0.25) is 0 Å². The third-order valence-corrected chi connectivity index (χ3v) is 4.53. The van der Waals surface area contributed by atoms with Gasteiger partial charge in [0, 0.05) is 35.1 Å². The van der Waals surface area contributed by atoms with Gasteiger partial charge in [-0.1, -0.05) is 38.1 Å². The number of nitrogens with zero attached hydrogens (tertiary/aromatic N) is 5. The topological polar surface area (TPSA) is 56.5 Å². The van der Waals surface area contributed by atoms with Crippen molar-refractivity contribution in [1.82, 2.24) is 24.7 Å². The molecule has 4 rings (SSSR count). The largest absolute Gasteiger partial charge is 0.266 e. The third kappa shape index (κ3) is 3.98. The lowest BCUT2D eigenvalue weighted by molar-refractivity contribution is 0.675. The summed E-state index contributed by atoms with van der Waals surface area (Å²) < 4.78 is 1.91. The summed E-state index contributed by atoms with van der Waals surface area (Å²) >= 11 is 0. The van der Waals surface area contributed by atoms with Crippen molar-refractivity contribution in [2.45, 2.75) is 33.2 Å². The second-order valence-corrected chi connectivity index (χ2v) is 7.21. The number of rotatable bonds is 5. The molecule has 0 saturated heterocycles. The van der Waals surface area contributed by atoms with Crippen LogP contribution < -0.4 is 0 Å². The maximum absolute atomic E-state index is 4.75. The fourth-order valence-electron chi connectivity index (χ4n) is 3.10. The molecule has 0 amide bonds. The van der Waals surface area contributed by atoms with Crippen LogP contribution in [-0.2, 0) is 6.54 Å². The maximum Gasteiger partial charge on any atom is 0.131 e. The minimum Gasteiger partial charge on any atom is -0.266 e. The van der Waals surface area contributed by atoms with Crippen LogP contribution in [0.25, 0.3) is 22.5 Å². The van der Waals surface area contributed by atoms with Crippen LogP contribution in [0.2, 0.25) is 0 Å². The van der Waals surface area contributed by atoms with Gasteiger partial charge < -0.3 is 0 Å². The van der Waals surface area contributed by atoms with Gasteiger partial charge in [-0.25, -0.2) is 9.97 Å². The highest BCUT2D eigenvalue weighted by Gasteiger charge is 2.10. The standard InChI is InChI=1S/C23H23N5/c1-16(2)23-25-17(3)13-22(26-23)19-8-6-7-18(14-19)21-10-12-28(27-21)15-20-9-4-5-11-24-20/h4-14,16H,15H2,1-3H3. The number of aryl methyl sites for hydroxylation is 1. The number of hydrogen-bond acceptors (Lipinski definition) is 4. The summed E-state index contributed by atoms with van der Waals surface area (Å²) in [5, 5.41) is 4.72. The van der Waals surface area contributed by atoms with Crippen LogP contribution >= 0.6 is 0 Å². The van der Waals surface area contributed by atoms with Crippen LogP contribution in [0.1, 0.15) is 37.0 Å². The zero-order valence-corrected chi connectivity index (χ0v) is 16.4. The zero-order valence-electron chi connectivity index (χ0n) is 16.4. The number of pyridine rings is 1. The fraction of sp³-hybridized carbons (Fsp3) is 0.217. The molecule has 140 valence electrons. The van der Waals surface area contributed by atoms with E-state index in [0.29, 0.717) is 12.5 Å². The molecule has 3 heterocycles. The first-order chi connectivity index (χ1) is 13.6. The molecule has 0 aliphatic rings. The number of aromatic nitrogens is 5. The molecule has 0 saturated carbocycles. The van der Waals surface area contributed by atoms with Crippen LogP contribution in [-0.4, -0.2) is 24.7 Å². The summed E-state index contributed by atoms with van der Waals surface area (Å²) in [5.74, 6) is 1.17. The predicted octanol–water partition coefficient (Wildman–Crippen LogP) is 4.88. The van der Waals surface area contributed by atoms with Crippen molar-refractivity contribution in [1.29, 1.82) is 0 Å². The first-order valence-corrected chi connectivity index (χ1v) is 9.48. The quantitative estimate of drug-likeness (QED) is 0.503. The normalized spacial score (nSPS) is 11.1. The number of benzene rings is 1. The van der Waals surface area contributed by atoms with E-state index in [1.807, 2.05) is 48.1 Å². The molecule has 0 bridgehead atoms. The van der Waals surface area contributed by atoms with E-state index in [4.69, 9.17) is 10.1 Å². The van der Waals surface area contributed by atoms with Crippen LogP contribution in [0.3, 0.4) is 0 Å². The van der Waals surface area contributed by atoms with Gasteiger partial charge in [-0.05, 0) is 37.3 Å². The summed E-state index contributed by atoms with van der Waals surface area (Å²) in [5.41, 5.74) is 6.00. The van der Waals surface area contributed by atoms with Gasteiger partial charge in [-0.3, -0.25) is 9.67 Å². The minimum atomic E-state index is 0.295. The minimum absolute atomic E-state index is 0.295. The van der Waals surface area contributed by atoms with Gasteiger partial charge in [0.05, 0.1) is 23.6 Å². The zero-order chi connectivity index (χ0) is 19.5. The second-order valence-electron chi connectivity index (χ2n) is 7.21. The lowest BCUT2D eigenvalue weighted by atomic mass is 10.0. The lowest BCUT2D eigenvalue weighted by Gasteiger charge is -2.09. The molecule has 3 aromatic heterocycles. The van der Waals surface area contributed by atoms with Crippen molar-refractivity contribution in [3.63, 3.8) is 0 Å². The van der Waals surface area contributed by atoms with Crippen LogP contribution in [0.5, 0.6) is 0 Å². The summed E-state index contributed by atoms with van der Waals surface area (Å²) in [7, 11) is 0. The first kappa shape index (κ1) is 18.0. The molecule has 0 radical (unpaired) electrons. The average molecular weight is 369 g/mol. The first-order valence-electron chi connectivity index (χ1n) is 9.48. The van der Waals surface area contributed by atoms with Gasteiger partial charge in [-0.2, -0.15) is 5.10 Å². The lowest BCUT2D eigenvalue weighted by Crippen LogP contribution is -2.02. The highest BCUT2D eigenvalue weighted by Crippen LogP contribution is 2.25. The fourth-order valence-corrected chi connectivity index (χ4v) is 3.10. The van der Waals surface area contributed by atoms with Crippen molar-refractivity contribution in [2.75, 3.05) is 0 Å².